The van der Waals surface area contributed by atoms with Crippen molar-refractivity contribution in [3.05, 3.63) is 36.4 Å². The quantitative estimate of drug-likeness (QED) is 0.425. The third kappa shape index (κ3) is 4.71. The van der Waals surface area contributed by atoms with Crippen LogP contribution in [0.3, 0.4) is 0 Å². The molecule has 0 amide bonds. The molecule has 1 saturated heterocycles. The van der Waals surface area contributed by atoms with E-state index < -0.39 is 5.82 Å². The molecule has 33 heavy (non-hydrogen) atoms. The van der Waals surface area contributed by atoms with Crippen LogP contribution in [0.4, 0.5) is 10.1 Å². The van der Waals surface area contributed by atoms with Gasteiger partial charge in [-0.3, -0.25) is 4.90 Å². The van der Waals surface area contributed by atoms with Crippen molar-refractivity contribution in [2.24, 2.45) is 0 Å². The lowest BCUT2D eigenvalue weighted by molar-refractivity contribution is 0.0357. The van der Waals surface area contributed by atoms with E-state index in [0.717, 1.165) is 39.3 Å². The van der Waals surface area contributed by atoms with Crippen LogP contribution in [0.5, 0.6) is 28.9 Å². The minimum absolute atomic E-state index is 0.00174. The molecule has 5 rings (SSSR count). The molecule has 9 nitrogen and oxygen atoms in total. The van der Waals surface area contributed by atoms with Crippen LogP contribution in [-0.2, 0) is 4.74 Å². The van der Waals surface area contributed by atoms with E-state index in [-0.39, 0.29) is 11.6 Å². The van der Waals surface area contributed by atoms with Crippen molar-refractivity contribution < 1.29 is 28.1 Å². The van der Waals surface area contributed by atoms with Crippen molar-refractivity contribution in [1.82, 2.24) is 14.9 Å². The van der Waals surface area contributed by atoms with Gasteiger partial charge in [0.2, 0.25) is 11.6 Å². The number of hydrogen-bond donors (Lipinski definition) is 1. The summed E-state index contributed by atoms with van der Waals surface area (Å²) in [4.78, 5) is 10.9. The monoisotopic (exact) mass is 456 g/mol. The Morgan fingerprint density at radius 2 is 1.82 bits per heavy atom. The van der Waals surface area contributed by atoms with E-state index in [1.807, 2.05) is 0 Å². The molecule has 0 atom stereocenters. The maximum absolute atomic E-state index is 14.3. The Morgan fingerprint density at radius 1 is 1.00 bits per heavy atom. The van der Waals surface area contributed by atoms with Crippen LogP contribution >= 0.6 is 0 Å². The summed E-state index contributed by atoms with van der Waals surface area (Å²) in [6.45, 7) is 5.62. The number of benzene rings is 2. The van der Waals surface area contributed by atoms with Crippen LogP contribution in [-0.4, -0.2) is 67.5 Å². The highest BCUT2D eigenvalue weighted by Crippen LogP contribution is 2.48. The topological polar surface area (TPSA) is 101 Å². The fourth-order valence-electron chi connectivity index (χ4n) is 3.87. The fourth-order valence-corrected chi connectivity index (χ4v) is 3.87. The third-order valence-corrected chi connectivity index (χ3v) is 5.49. The lowest BCUT2D eigenvalue weighted by atomic mass is 10.1. The van der Waals surface area contributed by atoms with E-state index in [4.69, 9.17) is 29.4 Å². The van der Waals surface area contributed by atoms with Gasteiger partial charge in [-0.05, 0) is 18.6 Å². The number of morpholine rings is 1. The number of rotatable bonds is 7. The van der Waals surface area contributed by atoms with Crippen molar-refractivity contribution >= 4 is 16.6 Å². The largest absolute Gasteiger partial charge is 0.489 e. The lowest BCUT2D eigenvalue weighted by Gasteiger charge is -2.26. The van der Waals surface area contributed by atoms with E-state index in [1.54, 1.807) is 12.1 Å². The summed E-state index contributed by atoms with van der Waals surface area (Å²) in [7, 11) is 0. The highest BCUT2D eigenvalue weighted by atomic mass is 19.1. The van der Waals surface area contributed by atoms with E-state index >= 15 is 0 Å². The molecule has 0 spiro atoms. The molecule has 10 heteroatoms. The summed E-state index contributed by atoms with van der Waals surface area (Å²) in [6, 6.07) is 5.97. The zero-order chi connectivity index (χ0) is 22.6. The minimum atomic E-state index is -0.590. The van der Waals surface area contributed by atoms with Gasteiger partial charge in [0.05, 0.1) is 25.3 Å². The van der Waals surface area contributed by atoms with E-state index in [2.05, 4.69) is 14.9 Å². The Hall–Kier alpha value is -3.37. The van der Waals surface area contributed by atoms with Crippen LogP contribution in [0, 0.1) is 5.82 Å². The second-order valence-corrected chi connectivity index (χ2v) is 7.75. The molecule has 174 valence electrons. The molecule has 3 aromatic rings. The Balaban J connectivity index is 1.40. The molecule has 0 radical (unpaired) electrons. The van der Waals surface area contributed by atoms with Gasteiger partial charge in [0.25, 0.3) is 0 Å². The molecule has 2 N–H and O–H groups in total. The van der Waals surface area contributed by atoms with E-state index in [9.17, 15) is 4.39 Å². The summed E-state index contributed by atoms with van der Waals surface area (Å²) in [6.07, 6.45) is 2.22. The first-order chi connectivity index (χ1) is 16.2. The van der Waals surface area contributed by atoms with Gasteiger partial charge in [-0.25, -0.2) is 14.4 Å². The molecule has 2 aliphatic heterocycles. The summed E-state index contributed by atoms with van der Waals surface area (Å²) in [5, 5.41) is 0.490. The lowest BCUT2D eigenvalue weighted by Crippen LogP contribution is -2.37. The normalized spacial score (nSPS) is 16.0. The first-order valence-electron chi connectivity index (χ1n) is 10.9. The molecule has 2 aliphatic rings. The van der Waals surface area contributed by atoms with Gasteiger partial charge in [0.1, 0.15) is 24.9 Å². The van der Waals surface area contributed by atoms with Gasteiger partial charge in [-0.1, -0.05) is 0 Å². The van der Waals surface area contributed by atoms with E-state index in [0.29, 0.717) is 53.7 Å². The maximum atomic E-state index is 14.3. The molecule has 1 fully saturated rings. The SMILES string of the molecule is Nc1ccc(Oc2ncnc3cc(OCCCN4CCOCC4)c4c(c23)OCCO4)c(F)c1. The number of nitrogen functional groups attached to an aromatic ring is 1. The van der Waals surface area contributed by atoms with Crippen molar-refractivity contribution in [1.29, 1.82) is 0 Å². The Labute approximate surface area is 190 Å². The average molecular weight is 456 g/mol. The van der Waals surface area contributed by atoms with Crippen LogP contribution < -0.4 is 24.7 Å². The smallest absolute Gasteiger partial charge is 0.234 e. The zero-order valence-electron chi connectivity index (χ0n) is 18.1. The Bertz CT molecular complexity index is 1140. The van der Waals surface area contributed by atoms with Crippen LogP contribution in [0.2, 0.25) is 0 Å². The van der Waals surface area contributed by atoms with Gasteiger partial charge < -0.3 is 29.4 Å². The number of halogens is 1. The molecule has 0 bridgehead atoms. The summed E-state index contributed by atoms with van der Waals surface area (Å²) in [5.74, 6) is 1.00. The molecule has 0 aliphatic carbocycles. The number of fused-ring (bicyclic) bond motifs is 3. The third-order valence-electron chi connectivity index (χ3n) is 5.49. The second kappa shape index (κ2) is 9.63. The molecule has 1 aromatic heterocycles. The Morgan fingerprint density at radius 3 is 2.64 bits per heavy atom. The number of ether oxygens (including phenoxy) is 5. The summed E-state index contributed by atoms with van der Waals surface area (Å²) < 4.78 is 43.3. The van der Waals surface area contributed by atoms with Crippen LogP contribution in [0.1, 0.15) is 6.42 Å². The van der Waals surface area contributed by atoms with E-state index in [1.165, 1.54) is 18.5 Å². The number of anilines is 1. The maximum Gasteiger partial charge on any atom is 0.234 e. The summed E-state index contributed by atoms with van der Waals surface area (Å²) >= 11 is 0. The minimum Gasteiger partial charge on any atom is -0.489 e. The first-order valence-corrected chi connectivity index (χ1v) is 10.9. The van der Waals surface area contributed by atoms with Crippen molar-refractivity contribution in [2.75, 3.05) is 58.4 Å². The second-order valence-electron chi connectivity index (χ2n) is 7.75. The number of nitrogens with zero attached hydrogens (tertiary/aromatic N) is 3. The van der Waals surface area contributed by atoms with Gasteiger partial charge >= 0.3 is 0 Å². The molecular formula is C23H25FN4O5. The molecule has 0 saturated carbocycles. The van der Waals surface area contributed by atoms with Gasteiger partial charge in [0, 0.05) is 37.5 Å². The van der Waals surface area contributed by atoms with Crippen molar-refractivity contribution in [3.8, 4) is 28.9 Å². The average Bonchev–Trinajstić information content (AvgIpc) is 2.84. The number of nitrogens with two attached hydrogens (primary N) is 1. The van der Waals surface area contributed by atoms with Gasteiger partial charge in [0.15, 0.2) is 23.1 Å². The zero-order valence-corrected chi connectivity index (χ0v) is 18.1. The van der Waals surface area contributed by atoms with Crippen LogP contribution in [0.15, 0.2) is 30.6 Å². The van der Waals surface area contributed by atoms with Gasteiger partial charge in [-0.15, -0.1) is 0 Å². The molecule has 2 aromatic carbocycles. The predicted molar refractivity (Wildman–Crippen MR) is 119 cm³/mol. The molecule has 0 unspecified atom stereocenters. The molecular weight excluding hydrogens is 431 g/mol. The fraction of sp³-hybridized carbons (Fsp3) is 0.391. The Kier molecular flexibility index (Phi) is 6.27. The number of hydrogen-bond acceptors (Lipinski definition) is 9. The number of aromatic nitrogens is 2. The highest BCUT2D eigenvalue weighted by Gasteiger charge is 2.25. The predicted octanol–water partition coefficient (Wildman–Crippen LogP) is 3.02. The van der Waals surface area contributed by atoms with Gasteiger partial charge in [-0.2, -0.15) is 0 Å². The standard InChI is InChI=1S/C23H25FN4O5/c24-16-12-15(25)2-3-18(16)33-23-20-17(26-14-27-23)13-19(21-22(20)32-11-10-31-21)30-7-1-4-28-5-8-29-9-6-28/h2-3,12-14H,1,4-11,25H2. The summed E-state index contributed by atoms with van der Waals surface area (Å²) in [5.41, 5.74) is 6.48. The molecule has 3 heterocycles. The first kappa shape index (κ1) is 21.5. The van der Waals surface area contributed by atoms with Crippen molar-refractivity contribution in [3.63, 3.8) is 0 Å². The van der Waals surface area contributed by atoms with Crippen molar-refractivity contribution in [2.45, 2.75) is 6.42 Å². The highest BCUT2D eigenvalue weighted by molar-refractivity contribution is 5.94. The van der Waals surface area contributed by atoms with Crippen LogP contribution in [0.25, 0.3) is 10.9 Å².